The summed E-state index contributed by atoms with van der Waals surface area (Å²) in [7, 11) is -0.720. The summed E-state index contributed by atoms with van der Waals surface area (Å²) >= 11 is 0. The second-order valence-electron chi connectivity index (χ2n) is 3.91. The van der Waals surface area contributed by atoms with Crippen LogP contribution < -0.4 is 5.19 Å². The number of hydrogen-bond acceptors (Lipinski definition) is 2. The van der Waals surface area contributed by atoms with Crippen molar-refractivity contribution in [2.24, 2.45) is 0 Å². The van der Waals surface area contributed by atoms with Gasteiger partial charge in [0.25, 0.3) is 0 Å². The zero-order valence-corrected chi connectivity index (χ0v) is 9.69. The van der Waals surface area contributed by atoms with Gasteiger partial charge in [-0.05, 0) is 19.3 Å². The lowest BCUT2D eigenvalue weighted by Crippen LogP contribution is -2.47. The van der Waals surface area contributed by atoms with E-state index in [2.05, 4.69) is 12.1 Å². The molecule has 0 aromatic heterocycles. The van der Waals surface area contributed by atoms with Gasteiger partial charge in [-0.3, -0.25) is 0 Å². The third kappa shape index (κ3) is 2.44. The highest BCUT2D eigenvalue weighted by molar-refractivity contribution is 6.55. The minimum absolute atomic E-state index is 0.719. The molecule has 0 spiro atoms. The highest BCUT2D eigenvalue weighted by Crippen LogP contribution is 2.20. The summed E-state index contributed by atoms with van der Waals surface area (Å²) in [6.07, 6.45) is 3.00. The van der Waals surface area contributed by atoms with Gasteiger partial charge in [0.2, 0.25) is 0 Å². The molecule has 1 atom stereocenters. The van der Waals surface area contributed by atoms with Gasteiger partial charge in [-0.25, -0.2) is 0 Å². The molecule has 76 valence electrons. The molecule has 2 rings (SSSR count). The maximum absolute atomic E-state index is 10.2. The Kier molecular flexibility index (Phi) is 3.01. The quantitative estimate of drug-likeness (QED) is 0.710. The van der Waals surface area contributed by atoms with E-state index in [1.165, 1.54) is 5.19 Å². The molecule has 1 aliphatic heterocycles. The Labute approximate surface area is 86.7 Å². The Balaban J connectivity index is 2.02. The average molecular weight is 208 g/mol. The molecule has 1 saturated heterocycles. The van der Waals surface area contributed by atoms with Crippen molar-refractivity contribution in [2.45, 2.75) is 24.7 Å². The van der Waals surface area contributed by atoms with E-state index in [-0.39, 0.29) is 0 Å². The van der Waals surface area contributed by atoms with Crippen LogP contribution in [0.3, 0.4) is 0 Å². The summed E-state index contributed by atoms with van der Waals surface area (Å²) in [6.45, 7) is 0.719. The Hall–Kier alpha value is -0.643. The smallest absolute Gasteiger partial charge is 0.146 e. The first-order valence-electron chi connectivity index (χ1n) is 5.19. The molecular formula is C11H16O2Si. The van der Waals surface area contributed by atoms with Gasteiger partial charge in [0.05, 0.1) is 0 Å². The van der Waals surface area contributed by atoms with Crippen LogP contribution in [0.5, 0.6) is 0 Å². The van der Waals surface area contributed by atoms with E-state index in [4.69, 9.17) is 4.74 Å². The molecule has 2 nitrogen and oxygen atoms in total. The van der Waals surface area contributed by atoms with Crippen LogP contribution in [0.1, 0.15) is 19.3 Å². The zero-order chi connectivity index (χ0) is 9.86. The largest absolute Gasteiger partial charge is 0.369 e. The second-order valence-corrected chi connectivity index (χ2v) is 6.19. The number of hydrogen-bond donors (Lipinski definition) is 1. The van der Waals surface area contributed by atoms with Gasteiger partial charge in [0.15, 0.2) is 0 Å². The van der Waals surface area contributed by atoms with Crippen molar-refractivity contribution in [2.75, 3.05) is 6.61 Å². The first-order chi connectivity index (χ1) is 6.79. The summed E-state index contributed by atoms with van der Waals surface area (Å²) < 4.78 is 5.49. The molecule has 1 unspecified atom stereocenters. The first kappa shape index (κ1) is 9.89. The molecule has 0 amide bonds. The summed E-state index contributed by atoms with van der Waals surface area (Å²) in [5.41, 5.74) is -0.778. The molecule has 0 radical (unpaired) electrons. The summed E-state index contributed by atoms with van der Waals surface area (Å²) in [6, 6.07) is 10.2. The zero-order valence-electron chi connectivity index (χ0n) is 8.28. The molecule has 14 heavy (non-hydrogen) atoms. The maximum atomic E-state index is 10.2. The van der Waals surface area contributed by atoms with Gasteiger partial charge < -0.3 is 9.84 Å². The Morgan fingerprint density at radius 2 is 2.00 bits per heavy atom. The Morgan fingerprint density at radius 1 is 1.21 bits per heavy atom. The van der Waals surface area contributed by atoms with Crippen LogP contribution in [-0.4, -0.2) is 26.6 Å². The predicted molar refractivity (Wildman–Crippen MR) is 59.4 cm³/mol. The van der Waals surface area contributed by atoms with E-state index in [0.29, 0.717) is 0 Å². The van der Waals surface area contributed by atoms with Gasteiger partial charge in [-0.2, -0.15) is 0 Å². The lowest BCUT2D eigenvalue weighted by Gasteiger charge is -2.32. The van der Waals surface area contributed by atoms with Gasteiger partial charge in [0.1, 0.15) is 14.9 Å². The maximum Gasteiger partial charge on any atom is 0.146 e. The van der Waals surface area contributed by atoms with Crippen molar-refractivity contribution in [3.05, 3.63) is 30.3 Å². The monoisotopic (exact) mass is 208 g/mol. The van der Waals surface area contributed by atoms with Crippen LogP contribution in [0.4, 0.5) is 0 Å². The lowest BCUT2D eigenvalue weighted by molar-refractivity contribution is -0.163. The molecule has 0 aliphatic carbocycles. The fourth-order valence-electron chi connectivity index (χ4n) is 1.89. The highest BCUT2D eigenvalue weighted by Gasteiger charge is 2.30. The van der Waals surface area contributed by atoms with Crippen molar-refractivity contribution in [1.82, 2.24) is 0 Å². The van der Waals surface area contributed by atoms with Crippen molar-refractivity contribution in [1.29, 1.82) is 0 Å². The van der Waals surface area contributed by atoms with E-state index in [0.717, 1.165) is 25.9 Å². The van der Waals surface area contributed by atoms with Crippen molar-refractivity contribution in [3.63, 3.8) is 0 Å². The van der Waals surface area contributed by atoms with Crippen molar-refractivity contribution >= 4 is 14.7 Å². The minimum atomic E-state index is -0.778. The van der Waals surface area contributed by atoms with Crippen molar-refractivity contribution < 1.29 is 9.84 Å². The fraction of sp³-hybridized carbons (Fsp3) is 0.455. The van der Waals surface area contributed by atoms with Crippen LogP contribution in [0.15, 0.2) is 30.3 Å². The second kappa shape index (κ2) is 4.25. The Bertz CT molecular complexity index is 281. The lowest BCUT2D eigenvalue weighted by atomic mass is 10.2. The molecule has 1 aliphatic rings. The number of benzene rings is 1. The SMILES string of the molecule is OC1([SiH2]c2ccccc2)CCCCO1. The molecule has 3 heteroatoms. The number of aliphatic hydroxyl groups is 1. The molecule has 1 aromatic rings. The van der Waals surface area contributed by atoms with E-state index >= 15 is 0 Å². The van der Waals surface area contributed by atoms with Gasteiger partial charge in [-0.1, -0.05) is 35.5 Å². The highest BCUT2D eigenvalue weighted by atomic mass is 28.2. The third-order valence-corrected chi connectivity index (χ3v) is 4.65. The van der Waals surface area contributed by atoms with E-state index < -0.39 is 14.9 Å². The molecule has 0 bridgehead atoms. The third-order valence-electron chi connectivity index (χ3n) is 2.66. The molecule has 1 N–H and O–H groups in total. The molecule has 0 saturated carbocycles. The summed E-state index contributed by atoms with van der Waals surface area (Å²) in [5, 5.41) is 11.4. The van der Waals surface area contributed by atoms with E-state index in [1.54, 1.807) is 0 Å². The summed E-state index contributed by atoms with van der Waals surface area (Å²) in [5.74, 6) is 0. The van der Waals surface area contributed by atoms with Crippen LogP contribution in [-0.2, 0) is 4.74 Å². The molecule has 1 heterocycles. The van der Waals surface area contributed by atoms with Crippen LogP contribution >= 0.6 is 0 Å². The van der Waals surface area contributed by atoms with Gasteiger partial charge in [0, 0.05) is 6.61 Å². The number of rotatable bonds is 2. The van der Waals surface area contributed by atoms with Crippen LogP contribution in [0.25, 0.3) is 0 Å². The van der Waals surface area contributed by atoms with Crippen LogP contribution in [0, 0.1) is 0 Å². The Morgan fingerprint density at radius 3 is 2.64 bits per heavy atom. The standard InChI is InChI=1S/C11H16O2Si/c12-11(8-4-5-9-13-11)14-10-6-2-1-3-7-10/h1-3,6-7,12H,4-5,8-9,14H2. The number of ether oxygens (including phenoxy) is 1. The molecular weight excluding hydrogens is 192 g/mol. The average Bonchev–Trinajstić information content (AvgIpc) is 2.19. The van der Waals surface area contributed by atoms with Crippen LogP contribution in [0.2, 0.25) is 0 Å². The van der Waals surface area contributed by atoms with Crippen molar-refractivity contribution in [3.8, 4) is 0 Å². The first-order valence-corrected chi connectivity index (χ1v) is 6.60. The van der Waals surface area contributed by atoms with Gasteiger partial charge in [-0.15, -0.1) is 0 Å². The topological polar surface area (TPSA) is 29.5 Å². The molecule has 1 fully saturated rings. The minimum Gasteiger partial charge on any atom is -0.369 e. The normalized spacial score (nSPS) is 28.4. The predicted octanol–water partition coefficient (Wildman–Crippen LogP) is 0.327. The van der Waals surface area contributed by atoms with E-state index in [9.17, 15) is 5.11 Å². The fourth-order valence-corrected chi connectivity index (χ4v) is 3.71. The van der Waals surface area contributed by atoms with Gasteiger partial charge >= 0.3 is 0 Å². The van der Waals surface area contributed by atoms with E-state index in [1.807, 2.05) is 18.2 Å². The molecule has 1 aromatic carbocycles. The summed E-state index contributed by atoms with van der Waals surface area (Å²) in [4.78, 5) is 0.